The molecule has 0 radical (unpaired) electrons. The van der Waals surface area contributed by atoms with Gasteiger partial charge in [0, 0.05) is 13.2 Å². The summed E-state index contributed by atoms with van der Waals surface area (Å²) in [7, 11) is 0. The van der Waals surface area contributed by atoms with Crippen LogP contribution in [0.1, 0.15) is 12.0 Å². The largest absolute Gasteiger partial charge is 0.435 e. The van der Waals surface area contributed by atoms with E-state index in [0.29, 0.717) is 5.56 Å². The Kier molecular flexibility index (Phi) is 8.04. The molecule has 2 N–H and O–H groups in total. The molecule has 1 aliphatic heterocycles. The van der Waals surface area contributed by atoms with E-state index in [2.05, 4.69) is 10.1 Å². The fraction of sp³-hybridized carbons (Fsp3) is 0.538. The maximum atomic E-state index is 11.7. The number of halogens is 2. The number of aliphatic hydroxyl groups excluding tert-OH is 1. The molecule has 1 aromatic rings. The summed E-state index contributed by atoms with van der Waals surface area (Å²) in [5.74, 6) is 0.0663. The second-order valence-electron chi connectivity index (χ2n) is 3.90. The monoisotopic (exact) mass is 275 g/mol. The zero-order valence-corrected chi connectivity index (χ0v) is 10.6. The molecule has 108 valence electrons. The van der Waals surface area contributed by atoms with Crippen molar-refractivity contribution in [1.82, 2.24) is 5.32 Å². The highest BCUT2D eigenvalue weighted by molar-refractivity contribution is 5.27. The van der Waals surface area contributed by atoms with Gasteiger partial charge < -0.3 is 19.9 Å². The van der Waals surface area contributed by atoms with Gasteiger partial charge in [-0.05, 0) is 30.7 Å². The van der Waals surface area contributed by atoms with Crippen molar-refractivity contribution in [2.24, 2.45) is 0 Å². The highest BCUT2D eigenvalue weighted by atomic mass is 19.3. The zero-order chi connectivity index (χ0) is 13.9. The Morgan fingerprint density at radius 1 is 1.32 bits per heavy atom. The molecule has 0 bridgehead atoms. The Morgan fingerprint density at radius 2 is 2.16 bits per heavy atom. The predicted molar refractivity (Wildman–Crippen MR) is 67.3 cm³/mol. The van der Waals surface area contributed by atoms with Crippen molar-refractivity contribution >= 4 is 0 Å². The lowest BCUT2D eigenvalue weighted by atomic mass is 10.2. The van der Waals surface area contributed by atoms with Crippen LogP contribution >= 0.6 is 0 Å². The molecule has 19 heavy (non-hydrogen) atoms. The molecule has 2 rings (SSSR count). The first kappa shape index (κ1) is 15.8. The molecule has 1 fully saturated rings. The maximum absolute atomic E-state index is 11.7. The number of benzene rings is 1. The van der Waals surface area contributed by atoms with Crippen LogP contribution in [0.25, 0.3) is 0 Å². The molecule has 0 aliphatic carbocycles. The molecular formula is C13H19F2NO3. The standard InChI is InChI=1S/C8H8F2O2.C5H11NO/c9-8(10)12-7-3-1-2-6(4-7)5-11;1-2-6-3-5-7-4-1/h1-4,8,11H,5H2;6H,1-5H2. The average Bonchev–Trinajstić information content (AvgIpc) is 2.71. The summed E-state index contributed by atoms with van der Waals surface area (Å²) in [5, 5.41) is 11.9. The topological polar surface area (TPSA) is 50.7 Å². The number of rotatable bonds is 3. The van der Waals surface area contributed by atoms with Crippen molar-refractivity contribution in [2.75, 3.05) is 26.3 Å². The second-order valence-corrected chi connectivity index (χ2v) is 3.90. The predicted octanol–water partition coefficient (Wildman–Crippen LogP) is 1.78. The van der Waals surface area contributed by atoms with Crippen molar-refractivity contribution < 1.29 is 23.4 Å². The molecule has 0 aromatic heterocycles. The molecule has 1 heterocycles. The SMILES string of the molecule is C1CNCCOC1.OCc1cccc(OC(F)F)c1. The minimum Gasteiger partial charge on any atom is -0.435 e. The first-order valence-electron chi connectivity index (χ1n) is 6.15. The van der Waals surface area contributed by atoms with Crippen LogP contribution in [0.15, 0.2) is 24.3 Å². The Morgan fingerprint density at radius 3 is 2.89 bits per heavy atom. The van der Waals surface area contributed by atoms with Gasteiger partial charge in [0.1, 0.15) is 5.75 Å². The minimum atomic E-state index is -2.82. The lowest BCUT2D eigenvalue weighted by Gasteiger charge is -2.04. The van der Waals surface area contributed by atoms with Crippen LogP contribution in [-0.2, 0) is 11.3 Å². The van der Waals surface area contributed by atoms with Gasteiger partial charge in [-0.25, -0.2) is 0 Å². The third-order valence-corrected chi connectivity index (χ3v) is 2.37. The van der Waals surface area contributed by atoms with Crippen LogP contribution in [0.2, 0.25) is 0 Å². The summed E-state index contributed by atoms with van der Waals surface area (Å²) in [5.41, 5.74) is 0.549. The number of hydrogen-bond donors (Lipinski definition) is 2. The summed E-state index contributed by atoms with van der Waals surface area (Å²) in [6, 6.07) is 5.94. The van der Waals surface area contributed by atoms with E-state index < -0.39 is 6.61 Å². The van der Waals surface area contributed by atoms with E-state index in [0.717, 1.165) is 26.3 Å². The first-order valence-corrected chi connectivity index (χ1v) is 6.15. The van der Waals surface area contributed by atoms with Crippen molar-refractivity contribution in [3.05, 3.63) is 29.8 Å². The Balaban J connectivity index is 0.000000218. The first-order chi connectivity index (χ1) is 9.22. The van der Waals surface area contributed by atoms with Gasteiger partial charge in [0.25, 0.3) is 0 Å². The average molecular weight is 275 g/mol. The van der Waals surface area contributed by atoms with E-state index in [1.165, 1.54) is 18.6 Å². The molecule has 0 spiro atoms. The fourth-order valence-corrected chi connectivity index (χ4v) is 1.49. The van der Waals surface area contributed by atoms with Crippen LogP contribution in [0.3, 0.4) is 0 Å². The fourth-order valence-electron chi connectivity index (χ4n) is 1.49. The zero-order valence-electron chi connectivity index (χ0n) is 10.6. The molecule has 6 heteroatoms. The van der Waals surface area contributed by atoms with Gasteiger partial charge in [-0.3, -0.25) is 0 Å². The summed E-state index contributed by atoms with van der Waals surface area (Å²) in [6.07, 6.45) is 1.17. The molecule has 1 saturated heterocycles. The quantitative estimate of drug-likeness (QED) is 0.883. The Labute approximate surface area is 111 Å². The maximum Gasteiger partial charge on any atom is 0.387 e. The van der Waals surface area contributed by atoms with Gasteiger partial charge in [-0.15, -0.1) is 0 Å². The number of ether oxygens (including phenoxy) is 2. The molecule has 1 aromatic carbocycles. The molecule has 1 aliphatic rings. The summed E-state index contributed by atoms with van der Waals surface area (Å²) >= 11 is 0. The molecular weight excluding hydrogens is 256 g/mol. The van der Waals surface area contributed by atoms with Gasteiger partial charge in [-0.1, -0.05) is 12.1 Å². The minimum absolute atomic E-state index is 0.0663. The molecule has 0 unspecified atom stereocenters. The molecule has 0 atom stereocenters. The third-order valence-electron chi connectivity index (χ3n) is 2.37. The normalized spacial score (nSPS) is 15.4. The van der Waals surface area contributed by atoms with Crippen molar-refractivity contribution in [3.63, 3.8) is 0 Å². The van der Waals surface area contributed by atoms with E-state index in [1.807, 2.05) is 0 Å². The van der Waals surface area contributed by atoms with Crippen molar-refractivity contribution in [3.8, 4) is 5.75 Å². The van der Waals surface area contributed by atoms with E-state index in [4.69, 9.17) is 9.84 Å². The number of alkyl halides is 2. The van der Waals surface area contributed by atoms with E-state index in [-0.39, 0.29) is 12.4 Å². The van der Waals surface area contributed by atoms with Crippen LogP contribution in [-0.4, -0.2) is 38.0 Å². The van der Waals surface area contributed by atoms with Crippen molar-refractivity contribution in [2.45, 2.75) is 19.6 Å². The van der Waals surface area contributed by atoms with Crippen LogP contribution in [0.4, 0.5) is 8.78 Å². The van der Waals surface area contributed by atoms with E-state index in [9.17, 15) is 8.78 Å². The summed E-state index contributed by atoms with van der Waals surface area (Å²) in [6.45, 7) is 0.979. The van der Waals surface area contributed by atoms with E-state index in [1.54, 1.807) is 12.1 Å². The van der Waals surface area contributed by atoms with Gasteiger partial charge >= 0.3 is 6.61 Å². The molecule has 0 saturated carbocycles. The van der Waals surface area contributed by atoms with Crippen molar-refractivity contribution in [1.29, 1.82) is 0 Å². The highest BCUT2D eigenvalue weighted by Gasteiger charge is 2.03. The number of nitrogens with one attached hydrogen (secondary N) is 1. The summed E-state index contributed by atoms with van der Waals surface area (Å²) < 4.78 is 32.6. The van der Waals surface area contributed by atoms with Gasteiger partial charge in [0.15, 0.2) is 0 Å². The third kappa shape index (κ3) is 7.71. The molecule has 0 amide bonds. The summed E-state index contributed by atoms with van der Waals surface area (Å²) in [4.78, 5) is 0. The number of hydrogen-bond acceptors (Lipinski definition) is 4. The highest BCUT2D eigenvalue weighted by Crippen LogP contribution is 2.15. The van der Waals surface area contributed by atoms with Gasteiger partial charge in [-0.2, -0.15) is 8.78 Å². The smallest absolute Gasteiger partial charge is 0.387 e. The van der Waals surface area contributed by atoms with Crippen LogP contribution in [0, 0.1) is 0 Å². The van der Waals surface area contributed by atoms with Gasteiger partial charge in [0.2, 0.25) is 0 Å². The lowest BCUT2D eigenvalue weighted by molar-refractivity contribution is -0.0499. The Bertz CT molecular complexity index is 331. The van der Waals surface area contributed by atoms with Gasteiger partial charge in [0.05, 0.1) is 13.2 Å². The Hall–Kier alpha value is -1.24. The van der Waals surface area contributed by atoms with Crippen LogP contribution in [0.5, 0.6) is 5.75 Å². The molecule has 4 nitrogen and oxygen atoms in total. The second kappa shape index (κ2) is 9.66. The van der Waals surface area contributed by atoms with Crippen LogP contribution < -0.4 is 10.1 Å². The number of aliphatic hydroxyl groups is 1. The van der Waals surface area contributed by atoms with E-state index >= 15 is 0 Å². The lowest BCUT2D eigenvalue weighted by Crippen LogP contribution is -2.15.